The molecule has 2 nitrogen and oxygen atoms in total. The Balaban J connectivity index is 0.947. The van der Waals surface area contributed by atoms with E-state index >= 15 is 0 Å². The molecule has 2 heteroatoms. The maximum atomic E-state index is 2.41. The van der Waals surface area contributed by atoms with Crippen molar-refractivity contribution in [3.8, 4) is 61.3 Å². The highest BCUT2D eigenvalue weighted by molar-refractivity contribution is 6.09. The van der Waals surface area contributed by atoms with E-state index in [-0.39, 0.29) is 0 Å². The Kier molecular flexibility index (Phi) is 9.57. The molecular formula is C60H42N2. The number of fused-ring (bicyclic) bond motifs is 3. The molecule has 1 heterocycles. The molecule has 0 N–H and O–H groups in total. The number of rotatable bonds is 9. The van der Waals surface area contributed by atoms with Gasteiger partial charge in [-0.1, -0.05) is 206 Å². The number of nitrogens with zero attached hydrogens (tertiary/aromatic N) is 2. The lowest BCUT2D eigenvalue weighted by atomic mass is 9.97. The first kappa shape index (κ1) is 36.8. The lowest BCUT2D eigenvalue weighted by molar-refractivity contribution is 1.18. The van der Waals surface area contributed by atoms with Crippen molar-refractivity contribution in [3.63, 3.8) is 0 Å². The van der Waals surface area contributed by atoms with Crippen LogP contribution in [0.2, 0.25) is 0 Å². The van der Waals surface area contributed by atoms with Gasteiger partial charge in [-0.15, -0.1) is 0 Å². The third kappa shape index (κ3) is 6.84. The Bertz CT molecular complexity index is 3240. The van der Waals surface area contributed by atoms with Crippen molar-refractivity contribution in [1.82, 2.24) is 4.57 Å². The van der Waals surface area contributed by atoms with Crippen LogP contribution in [0.25, 0.3) is 83.1 Å². The molecule has 11 rings (SSSR count). The summed E-state index contributed by atoms with van der Waals surface area (Å²) >= 11 is 0. The maximum absolute atomic E-state index is 2.41. The van der Waals surface area contributed by atoms with Crippen LogP contribution in [0.4, 0.5) is 17.1 Å². The Morgan fingerprint density at radius 2 is 0.581 bits per heavy atom. The second kappa shape index (κ2) is 16.1. The summed E-state index contributed by atoms with van der Waals surface area (Å²) in [5, 5.41) is 2.53. The van der Waals surface area contributed by atoms with E-state index in [1.807, 2.05) is 0 Å². The molecule has 0 amide bonds. The molecule has 11 aromatic rings. The minimum absolute atomic E-state index is 1.09. The monoisotopic (exact) mass is 790 g/mol. The summed E-state index contributed by atoms with van der Waals surface area (Å²) in [6.45, 7) is 0. The van der Waals surface area contributed by atoms with Crippen LogP contribution < -0.4 is 4.90 Å². The zero-order valence-corrected chi connectivity index (χ0v) is 34.1. The molecule has 0 saturated carbocycles. The Morgan fingerprint density at radius 3 is 1.08 bits per heavy atom. The molecule has 10 aromatic carbocycles. The fraction of sp³-hybridized carbons (Fsp3) is 0. The SMILES string of the molecule is c1ccc(-c2ccc(-c3ccccc3N(c3ccc(-c4ccccc4)cc3)c3ccc(-c4ccc(-c5ccccc5-n5c6ccccc6c6ccccc65)cc4)cc3)cc2)cc1. The van der Waals surface area contributed by atoms with E-state index in [1.165, 1.54) is 83.1 Å². The highest BCUT2D eigenvalue weighted by atomic mass is 15.1. The number of hydrogen-bond donors (Lipinski definition) is 0. The highest BCUT2D eigenvalue weighted by Crippen LogP contribution is 2.43. The van der Waals surface area contributed by atoms with E-state index in [0.29, 0.717) is 0 Å². The topological polar surface area (TPSA) is 8.17 Å². The molecule has 0 saturated heterocycles. The van der Waals surface area contributed by atoms with Gasteiger partial charge >= 0.3 is 0 Å². The van der Waals surface area contributed by atoms with Gasteiger partial charge in [0.25, 0.3) is 0 Å². The van der Waals surface area contributed by atoms with Gasteiger partial charge < -0.3 is 9.47 Å². The summed E-state index contributed by atoms with van der Waals surface area (Å²) in [4.78, 5) is 2.38. The Hall–Kier alpha value is -8.20. The summed E-state index contributed by atoms with van der Waals surface area (Å²) in [5.41, 5.74) is 18.8. The summed E-state index contributed by atoms with van der Waals surface area (Å²) in [5.74, 6) is 0. The molecule has 0 atom stereocenters. The molecule has 0 unspecified atom stereocenters. The van der Waals surface area contributed by atoms with Gasteiger partial charge in [-0.2, -0.15) is 0 Å². The normalized spacial score (nSPS) is 11.2. The average Bonchev–Trinajstić information content (AvgIpc) is 3.70. The molecule has 0 aliphatic rings. The van der Waals surface area contributed by atoms with Gasteiger partial charge in [0.2, 0.25) is 0 Å². The maximum Gasteiger partial charge on any atom is 0.0541 e. The molecule has 62 heavy (non-hydrogen) atoms. The molecule has 0 aliphatic carbocycles. The van der Waals surface area contributed by atoms with Gasteiger partial charge in [0.1, 0.15) is 0 Å². The predicted molar refractivity (Wildman–Crippen MR) is 263 cm³/mol. The third-order valence-corrected chi connectivity index (χ3v) is 12.1. The zero-order valence-electron chi connectivity index (χ0n) is 34.1. The number of benzene rings is 10. The smallest absolute Gasteiger partial charge is 0.0541 e. The van der Waals surface area contributed by atoms with Crippen molar-refractivity contribution < 1.29 is 0 Å². The van der Waals surface area contributed by atoms with Crippen molar-refractivity contribution in [2.75, 3.05) is 4.90 Å². The zero-order chi connectivity index (χ0) is 41.2. The number of para-hydroxylation sites is 4. The van der Waals surface area contributed by atoms with Crippen LogP contribution in [0.3, 0.4) is 0 Å². The Labute approximate surface area is 362 Å². The van der Waals surface area contributed by atoms with E-state index in [2.05, 4.69) is 264 Å². The fourth-order valence-electron chi connectivity index (χ4n) is 8.99. The van der Waals surface area contributed by atoms with Gasteiger partial charge in [0, 0.05) is 33.3 Å². The van der Waals surface area contributed by atoms with Crippen molar-refractivity contribution in [2.45, 2.75) is 0 Å². The number of anilines is 3. The number of aromatic nitrogens is 1. The molecule has 0 fully saturated rings. The van der Waals surface area contributed by atoms with Crippen molar-refractivity contribution >= 4 is 38.9 Å². The van der Waals surface area contributed by atoms with Gasteiger partial charge in [-0.05, 0) is 93.0 Å². The van der Waals surface area contributed by atoms with E-state index in [9.17, 15) is 0 Å². The van der Waals surface area contributed by atoms with Crippen LogP contribution in [0.15, 0.2) is 255 Å². The van der Waals surface area contributed by atoms with E-state index in [4.69, 9.17) is 0 Å². The standard InChI is InChI=1S/C60H42N2/c1-3-15-43(16-4-1)45-27-31-49(32-28-45)53-19-7-11-23-57(53)61(51-39-35-47(36-40-51)44-17-5-2-6-18-44)52-41-37-48(38-42-52)46-29-33-50(34-30-46)54-20-8-12-24-58(54)62-59-25-13-9-21-55(59)56-22-10-14-26-60(56)62/h1-42H. The average molecular weight is 791 g/mol. The van der Waals surface area contributed by atoms with Crippen LogP contribution in [0, 0.1) is 0 Å². The first-order chi connectivity index (χ1) is 30.8. The van der Waals surface area contributed by atoms with Gasteiger partial charge in [0.15, 0.2) is 0 Å². The van der Waals surface area contributed by atoms with E-state index in [1.54, 1.807) is 0 Å². The Morgan fingerprint density at radius 1 is 0.242 bits per heavy atom. The van der Waals surface area contributed by atoms with Crippen molar-refractivity contribution in [2.24, 2.45) is 0 Å². The minimum atomic E-state index is 1.09. The highest BCUT2D eigenvalue weighted by Gasteiger charge is 2.19. The molecule has 0 radical (unpaired) electrons. The van der Waals surface area contributed by atoms with Gasteiger partial charge in [0.05, 0.1) is 22.4 Å². The summed E-state index contributed by atoms with van der Waals surface area (Å²) in [6.07, 6.45) is 0. The molecule has 292 valence electrons. The molecular weight excluding hydrogens is 749 g/mol. The first-order valence-electron chi connectivity index (χ1n) is 21.3. The van der Waals surface area contributed by atoms with Crippen LogP contribution in [-0.2, 0) is 0 Å². The van der Waals surface area contributed by atoms with Crippen molar-refractivity contribution in [3.05, 3.63) is 255 Å². The summed E-state index contributed by atoms with van der Waals surface area (Å²) in [7, 11) is 0. The lowest BCUT2D eigenvalue weighted by Crippen LogP contribution is -2.11. The van der Waals surface area contributed by atoms with Gasteiger partial charge in [-0.3, -0.25) is 0 Å². The van der Waals surface area contributed by atoms with Crippen LogP contribution in [0.5, 0.6) is 0 Å². The summed E-state index contributed by atoms with van der Waals surface area (Å²) < 4.78 is 2.41. The largest absolute Gasteiger partial charge is 0.310 e. The predicted octanol–water partition coefficient (Wildman–Crippen LogP) is 16.6. The van der Waals surface area contributed by atoms with Crippen LogP contribution in [-0.4, -0.2) is 4.57 Å². The van der Waals surface area contributed by atoms with Crippen LogP contribution >= 0.6 is 0 Å². The van der Waals surface area contributed by atoms with Crippen LogP contribution in [0.1, 0.15) is 0 Å². The first-order valence-corrected chi connectivity index (χ1v) is 21.3. The lowest BCUT2D eigenvalue weighted by Gasteiger charge is -2.28. The van der Waals surface area contributed by atoms with E-state index < -0.39 is 0 Å². The second-order valence-electron chi connectivity index (χ2n) is 15.7. The van der Waals surface area contributed by atoms with Crippen molar-refractivity contribution in [1.29, 1.82) is 0 Å². The number of hydrogen-bond acceptors (Lipinski definition) is 1. The van der Waals surface area contributed by atoms with Gasteiger partial charge in [-0.25, -0.2) is 0 Å². The quantitative estimate of drug-likeness (QED) is 0.141. The molecule has 0 bridgehead atoms. The summed E-state index contributed by atoms with van der Waals surface area (Å²) in [6, 6.07) is 91.9. The van der Waals surface area contributed by atoms with E-state index in [0.717, 1.165) is 17.1 Å². The molecule has 0 aliphatic heterocycles. The minimum Gasteiger partial charge on any atom is -0.310 e. The fourth-order valence-corrected chi connectivity index (χ4v) is 8.99. The molecule has 1 aromatic heterocycles. The second-order valence-corrected chi connectivity index (χ2v) is 15.7. The third-order valence-electron chi connectivity index (χ3n) is 12.1. The molecule has 0 spiro atoms.